The van der Waals surface area contributed by atoms with Crippen molar-refractivity contribution in [1.29, 1.82) is 0 Å². The van der Waals surface area contributed by atoms with E-state index in [1.54, 1.807) is 7.11 Å². The monoisotopic (exact) mass is 299 g/mol. The molecule has 1 fully saturated rings. The second kappa shape index (κ2) is 10.1. The van der Waals surface area contributed by atoms with Crippen molar-refractivity contribution in [2.24, 2.45) is 17.6 Å². The Labute approximate surface area is 129 Å². The zero-order valence-corrected chi connectivity index (χ0v) is 14.0. The maximum atomic E-state index is 12.7. The third kappa shape index (κ3) is 6.76. The molecule has 1 aliphatic rings. The summed E-state index contributed by atoms with van der Waals surface area (Å²) in [6.45, 7) is 3.93. The van der Waals surface area contributed by atoms with Gasteiger partial charge < -0.3 is 20.3 Å². The Kier molecular flexibility index (Phi) is 8.88. The second-order valence-electron chi connectivity index (χ2n) is 6.43. The molecule has 0 heterocycles. The largest absolute Gasteiger partial charge is 0.383 e. The molecule has 0 radical (unpaired) electrons. The highest BCUT2D eigenvalue weighted by Gasteiger charge is 2.28. The van der Waals surface area contributed by atoms with E-state index in [0.29, 0.717) is 25.0 Å². The molecule has 0 spiro atoms. The van der Waals surface area contributed by atoms with E-state index in [9.17, 15) is 4.79 Å². The van der Waals surface area contributed by atoms with Gasteiger partial charge in [-0.1, -0.05) is 0 Å². The molecule has 0 aromatic rings. The average Bonchev–Trinajstić information content (AvgIpc) is 2.49. The first kappa shape index (κ1) is 18.4. The first-order valence-corrected chi connectivity index (χ1v) is 8.21. The molecule has 2 N–H and O–H groups in total. The van der Waals surface area contributed by atoms with Crippen LogP contribution in [0.15, 0.2) is 0 Å². The van der Waals surface area contributed by atoms with Crippen LogP contribution in [0.1, 0.15) is 32.1 Å². The SMILES string of the molecule is COCCN(CCCN(C)C)C(=O)C1CCC(CN)CC1. The number of carbonyl (C=O) groups is 1. The molecular weight excluding hydrogens is 266 g/mol. The van der Waals surface area contributed by atoms with Crippen molar-refractivity contribution in [3.63, 3.8) is 0 Å². The third-order valence-corrected chi connectivity index (χ3v) is 4.44. The minimum Gasteiger partial charge on any atom is -0.383 e. The van der Waals surface area contributed by atoms with Gasteiger partial charge in [0.15, 0.2) is 0 Å². The van der Waals surface area contributed by atoms with Gasteiger partial charge >= 0.3 is 0 Å². The van der Waals surface area contributed by atoms with Gasteiger partial charge in [-0.05, 0) is 65.2 Å². The van der Waals surface area contributed by atoms with Crippen molar-refractivity contribution < 1.29 is 9.53 Å². The molecule has 21 heavy (non-hydrogen) atoms. The Bertz CT molecular complexity index is 289. The summed E-state index contributed by atoms with van der Waals surface area (Å²) >= 11 is 0. The molecule has 0 aromatic heterocycles. The molecule has 1 aliphatic carbocycles. The first-order valence-electron chi connectivity index (χ1n) is 8.21. The van der Waals surface area contributed by atoms with Gasteiger partial charge in [0.05, 0.1) is 6.61 Å². The molecule has 1 rings (SSSR count). The highest BCUT2D eigenvalue weighted by atomic mass is 16.5. The molecule has 5 heteroatoms. The molecule has 0 aliphatic heterocycles. The summed E-state index contributed by atoms with van der Waals surface area (Å²) in [5, 5.41) is 0. The Hall–Kier alpha value is -0.650. The quantitative estimate of drug-likeness (QED) is 0.694. The topological polar surface area (TPSA) is 58.8 Å². The van der Waals surface area contributed by atoms with Crippen molar-refractivity contribution >= 4 is 5.91 Å². The lowest BCUT2D eigenvalue weighted by atomic mass is 9.81. The molecular formula is C16H33N3O2. The fourth-order valence-electron chi connectivity index (χ4n) is 3.01. The highest BCUT2D eigenvalue weighted by Crippen LogP contribution is 2.29. The molecule has 0 bridgehead atoms. The van der Waals surface area contributed by atoms with Crippen molar-refractivity contribution in [3.8, 4) is 0 Å². The van der Waals surface area contributed by atoms with E-state index in [-0.39, 0.29) is 5.92 Å². The van der Waals surface area contributed by atoms with Gasteiger partial charge in [-0.2, -0.15) is 0 Å². The lowest BCUT2D eigenvalue weighted by Crippen LogP contribution is -2.41. The zero-order chi connectivity index (χ0) is 15.7. The van der Waals surface area contributed by atoms with Crippen LogP contribution in [0.3, 0.4) is 0 Å². The molecule has 0 saturated heterocycles. The number of nitrogens with two attached hydrogens (primary N) is 1. The maximum absolute atomic E-state index is 12.7. The van der Waals surface area contributed by atoms with E-state index in [2.05, 4.69) is 19.0 Å². The molecule has 124 valence electrons. The number of amides is 1. The minimum atomic E-state index is 0.198. The van der Waals surface area contributed by atoms with E-state index in [1.807, 2.05) is 4.90 Å². The van der Waals surface area contributed by atoms with Crippen molar-refractivity contribution in [1.82, 2.24) is 9.80 Å². The number of nitrogens with zero attached hydrogens (tertiary/aromatic N) is 2. The second-order valence-corrected chi connectivity index (χ2v) is 6.43. The number of hydrogen-bond donors (Lipinski definition) is 1. The van der Waals surface area contributed by atoms with Gasteiger partial charge in [0.25, 0.3) is 0 Å². The van der Waals surface area contributed by atoms with Gasteiger partial charge in [0, 0.05) is 26.1 Å². The average molecular weight is 299 g/mol. The standard InChI is InChI=1S/C16H33N3O2/c1-18(2)9-4-10-19(11-12-21-3)16(20)15-7-5-14(13-17)6-8-15/h14-15H,4-13,17H2,1-3H3. The predicted molar refractivity (Wildman–Crippen MR) is 86.1 cm³/mol. The van der Waals surface area contributed by atoms with Crippen LogP contribution in [0, 0.1) is 11.8 Å². The summed E-state index contributed by atoms with van der Waals surface area (Å²) in [4.78, 5) is 16.9. The Morgan fingerprint density at radius 3 is 2.33 bits per heavy atom. The number of carbonyl (C=O) groups excluding carboxylic acids is 1. The molecule has 1 saturated carbocycles. The summed E-state index contributed by atoms with van der Waals surface area (Å²) in [5.74, 6) is 1.14. The van der Waals surface area contributed by atoms with E-state index < -0.39 is 0 Å². The fourth-order valence-corrected chi connectivity index (χ4v) is 3.01. The van der Waals surface area contributed by atoms with Gasteiger partial charge in [-0.25, -0.2) is 0 Å². The maximum Gasteiger partial charge on any atom is 0.225 e. The lowest BCUT2D eigenvalue weighted by molar-refractivity contribution is -0.137. The van der Waals surface area contributed by atoms with Crippen LogP contribution in [0.2, 0.25) is 0 Å². The summed E-state index contributed by atoms with van der Waals surface area (Å²) in [5.41, 5.74) is 5.73. The predicted octanol–water partition coefficient (Wildman–Crippen LogP) is 1.18. The van der Waals surface area contributed by atoms with Crippen LogP contribution in [0.4, 0.5) is 0 Å². The molecule has 1 amide bonds. The Morgan fingerprint density at radius 1 is 1.14 bits per heavy atom. The normalized spacial score (nSPS) is 22.5. The van der Waals surface area contributed by atoms with Gasteiger partial charge in [-0.15, -0.1) is 0 Å². The van der Waals surface area contributed by atoms with Crippen LogP contribution in [-0.4, -0.2) is 69.7 Å². The van der Waals surface area contributed by atoms with Gasteiger partial charge in [0.2, 0.25) is 5.91 Å². The highest BCUT2D eigenvalue weighted by molar-refractivity contribution is 5.78. The summed E-state index contributed by atoms with van der Waals surface area (Å²) in [7, 11) is 5.82. The van der Waals surface area contributed by atoms with Crippen molar-refractivity contribution in [3.05, 3.63) is 0 Å². The van der Waals surface area contributed by atoms with Crippen LogP contribution in [-0.2, 0) is 9.53 Å². The number of rotatable bonds is 9. The Balaban J connectivity index is 2.46. The van der Waals surface area contributed by atoms with Crippen LogP contribution >= 0.6 is 0 Å². The lowest BCUT2D eigenvalue weighted by Gasteiger charge is -2.32. The van der Waals surface area contributed by atoms with Gasteiger partial charge in [0.1, 0.15) is 0 Å². The summed E-state index contributed by atoms with van der Waals surface area (Å²) in [6.07, 6.45) is 5.21. The summed E-state index contributed by atoms with van der Waals surface area (Å²) in [6, 6.07) is 0. The van der Waals surface area contributed by atoms with E-state index in [0.717, 1.165) is 51.7 Å². The molecule has 0 unspecified atom stereocenters. The van der Waals surface area contributed by atoms with Crippen LogP contribution < -0.4 is 5.73 Å². The summed E-state index contributed by atoms with van der Waals surface area (Å²) < 4.78 is 5.15. The first-order chi connectivity index (χ1) is 10.1. The number of hydrogen-bond acceptors (Lipinski definition) is 4. The zero-order valence-electron chi connectivity index (χ0n) is 14.0. The van der Waals surface area contributed by atoms with E-state index >= 15 is 0 Å². The third-order valence-electron chi connectivity index (χ3n) is 4.44. The van der Waals surface area contributed by atoms with Crippen LogP contribution in [0.5, 0.6) is 0 Å². The number of ether oxygens (including phenoxy) is 1. The molecule has 0 aromatic carbocycles. The smallest absolute Gasteiger partial charge is 0.225 e. The fraction of sp³-hybridized carbons (Fsp3) is 0.938. The Morgan fingerprint density at radius 2 is 1.81 bits per heavy atom. The number of methoxy groups -OCH3 is 1. The minimum absolute atomic E-state index is 0.198. The molecule has 0 atom stereocenters. The van der Waals surface area contributed by atoms with Crippen molar-refractivity contribution in [2.45, 2.75) is 32.1 Å². The molecule has 5 nitrogen and oxygen atoms in total. The van der Waals surface area contributed by atoms with E-state index in [4.69, 9.17) is 10.5 Å². The van der Waals surface area contributed by atoms with Crippen LogP contribution in [0.25, 0.3) is 0 Å². The van der Waals surface area contributed by atoms with Gasteiger partial charge in [-0.3, -0.25) is 4.79 Å². The van der Waals surface area contributed by atoms with Crippen molar-refractivity contribution in [2.75, 3.05) is 54.0 Å². The van der Waals surface area contributed by atoms with E-state index in [1.165, 1.54) is 0 Å².